The van der Waals surface area contributed by atoms with Gasteiger partial charge in [0.2, 0.25) is 0 Å². The maximum absolute atomic E-state index is 13.5. The molecule has 0 aliphatic rings. The molecule has 0 heterocycles. The summed E-state index contributed by atoms with van der Waals surface area (Å²) in [4.78, 5) is 0. The van der Waals surface area contributed by atoms with Crippen LogP contribution in [0.5, 0.6) is 0 Å². The van der Waals surface area contributed by atoms with E-state index in [0.29, 0.717) is 0 Å². The third-order valence-corrected chi connectivity index (χ3v) is 4.77. The molecule has 0 fully saturated rings. The zero-order valence-electron chi connectivity index (χ0n) is 15.6. The van der Waals surface area contributed by atoms with Gasteiger partial charge in [0.1, 0.15) is 10.0 Å². The van der Waals surface area contributed by atoms with Crippen molar-refractivity contribution in [2.24, 2.45) is 0 Å². The van der Waals surface area contributed by atoms with E-state index < -0.39 is 69.3 Å². The van der Waals surface area contributed by atoms with Gasteiger partial charge in [-0.3, -0.25) is 0 Å². The molecule has 0 rings (SSSR count). The SMILES string of the molecule is C[N+](C)([O-])CCC[N-]S(=O)(=O)C(F)(F)C(F)(F)C(F)(F)C(F)(F)C(F)(F)C(F)(F)F.[K+]. The Balaban J connectivity index is 0. The predicted molar refractivity (Wildman–Crippen MR) is 72.9 cm³/mol. The van der Waals surface area contributed by atoms with E-state index in [1.54, 1.807) is 0 Å². The smallest absolute Gasteiger partial charge is 0.633 e. The largest absolute Gasteiger partial charge is 1.00 e. The number of sulfonamides is 1. The molecule has 182 valence electrons. The number of hydrogen-bond acceptors (Lipinski definition) is 3. The molecule has 0 aliphatic heterocycles. The van der Waals surface area contributed by atoms with Crippen molar-refractivity contribution >= 4 is 10.0 Å². The fourth-order valence-electron chi connectivity index (χ4n) is 1.63. The summed E-state index contributed by atoms with van der Waals surface area (Å²) >= 11 is 0. The first-order valence-corrected chi connectivity index (χ1v) is 8.58. The minimum Gasteiger partial charge on any atom is -0.633 e. The number of hydrogen-bond donors (Lipinski definition) is 0. The van der Waals surface area contributed by atoms with Gasteiger partial charge in [-0.25, -0.2) is 8.42 Å². The molecule has 0 saturated heterocycles. The summed E-state index contributed by atoms with van der Waals surface area (Å²) in [5, 5.41) is 3.80. The van der Waals surface area contributed by atoms with Crippen LogP contribution in [-0.2, 0) is 10.0 Å². The minimum atomic E-state index is -8.22. The van der Waals surface area contributed by atoms with Crippen LogP contribution in [0.15, 0.2) is 0 Å². The zero-order valence-corrected chi connectivity index (χ0v) is 19.5. The van der Waals surface area contributed by atoms with Crippen molar-refractivity contribution in [2.45, 2.75) is 41.5 Å². The fraction of sp³-hybridized carbons (Fsp3) is 1.00. The van der Waals surface area contributed by atoms with Crippen molar-refractivity contribution in [2.75, 3.05) is 27.2 Å². The van der Waals surface area contributed by atoms with E-state index in [4.69, 9.17) is 0 Å². The van der Waals surface area contributed by atoms with Gasteiger partial charge in [-0.05, 0) is 6.42 Å². The zero-order chi connectivity index (χ0) is 24.8. The van der Waals surface area contributed by atoms with Gasteiger partial charge in [-0.15, -0.1) is 6.54 Å². The molecule has 31 heavy (non-hydrogen) atoms. The first-order chi connectivity index (χ1) is 12.7. The van der Waals surface area contributed by atoms with E-state index in [2.05, 4.69) is 0 Å². The second-order valence-corrected chi connectivity index (χ2v) is 8.01. The summed E-state index contributed by atoms with van der Waals surface area (Å²) in [7, 11) is -5.28. The summed E-state index contributed by atoms with van der Waals surface area (Å²) in [5.74, 6) is -32.4. The van der Waals surface area contributed by atoms with E-state index in [1.807, 2.05) is 4.72 Å². The normalized spacial score (nSPS) is 15.6. The number of nitrogens with zero attached hydrogens (tertiary/aromatic N) is 2. The van der Waals surface area contributed by atoms with Crippen LogP contribution >= 0.6 is 0 Å². The van der Waals surface area contributed by atoms with E-state index in [1.165, 1.54) is 0 Å². The van der Waals surface area contributed by atoms with Crippen LogP contribution in [0.1, 0.15) is 6.42 Å². The van der Waals surface area contributed by atoms with Gasteiger partial charge in [0.05, 0.1) is 20.6 Å². The molecule has 0 spiro atoms. The molecule has 0 atom stereocenters. The van der Waals surface area contributed by atoms with Crippen molar-refractivity contribution in [1.82, 2.24) is 0 Å². The quantitative estimate of drug-likeness (QED) is 0.139. The second kappa shape index (κ2) is 9.66. The Morgan fingerprint density at radius 3 is 1.42 bits per heavy atom. The second-order valence-electron chi connectivity index (χ2n) is 6.29. The van der Waals surface area contributed by atoms with Crippen molar-refractivity contribution in [3.05, 3.63) is 9.93 Å². The summed E-state index contributed by atoms with van der Waals surface area (Å²) in [5.41, 5.74) is 0. The molecule has 5 nitrogen and oxygen atoms in total. The Morgan fingerprint density at radius 2 is 1.10 bits per heavy atom. The topological polar surface area (TPSA) is 71.3 Å². The Morgan fingerprint density at radius 1 is 0.742 bits per heavy atom. The molecule has 0 radical (unpaired) electrons. The summed E-state index contributed by atoms with van der Waals surface area (Å²) in [6.07, 6.45) is -8.33. The van der Waals surface area contributed by atoms with Gasteiger partial charge in [-0.2, -0.15) is 57.1 Å². The van der Waals surface area contributed by atoms with Gasteiger partial charge in [0.15, 0.2) is 0 Å². The van der Waals surface area contributed by atoms with Gasteiger partial charge in [0, 0.05) is 0 Å². The number of halogens is 13. The molecule has 20 heteroatoms. The molecular formula is C11H12F13KN2O3S. The molecule has 0 unspecified atom stereocenters. The van der Waals surface area contributed by atoms with Crippen molar-refractivity contribution in [1.29, 1.82) is 0 Å². The molecule has 0 N–H and O–H groups in total. The number of hydroxylamine groups is 3. The van der Waals surface area contributed by atoms with Crippen LogP contribution < -0.4 is 51.4 Å². The van der Waals surface area contributed by atoms with Gasteiger partial charge < -0.3 is 14.6 Å². The van der Waals surface area contributed by atoms with Crippen molar-refractivity contribution in [3.8, 4) is 0 Å². The standard InChI is InChI=1S/C11H12F13N2O3S.K/c1-26(2,27)5-3-4-25-30(28,29)11(23,24)9(18,19)7(14,15)6(12,13)8(16,17)10(20,21)22;/h3-5H2,1-2H3;/q-1;+1. The first-order valence-electron chi connectivity index (χ1n) is 7.14. The third-order valence-electron chi connectivity index (χ3n) is 3.34. The van der Waals surface area contributed by atoms with Gasteiger partial charge >= 0.3 is 86.5 Å². The maximum Gasteiger partial charge on any atom is 1.00 e. The monoisotopic (exact) mass is 538 g/mol. The van der Waals surface area contributed by atoms with E-state index in [9.17, 15) is 70.7 Å². The third kappa shape index (κ3) is 6.17. The minimum absolute atomic E-state index is 0. The van der Waals surface area contributed by atoms with E-state index >= 15 is 0 Å². The van der Waals surface area contributed by atoms with Gasteiger partial charge in [-0.1, -0.05) is 0 Å². The Bertz CT molecular complexity index is 719. The van der Waals surface area contributed by atoms with Crippen LogP contribution in [0.3, 0.4) is 0 Å². The van der Waals surface area contributed by atoms with Crippen LogP contribution in [0.25, 0.3) is 4.72 Å². The molecular weight excluding hydrogens is 526 g/mol. The Hall–Kier alpha value is 0.556. The summed E-state index contributed by atoms with van der Waals surface area (Å²) < 4.78 is 191. The van der Waals surface area contributed by atoms with Crippen LogP contribution in [0.2, 0.25) is 0 Å². The Kier molecular flexibility index (Phi) is 10.5. The fourth-order valence-corrected chi connectivity index (χ4v) is 2.62. The number of rotatable bonds is 10. The maximum atomic E-state index is 13.5. The predicted octanol–water partition coefficient (Wildman–Crippen LogP) is 1.35. The summed E-state index contributed by atoms with van der Waals surface area (Å²) in [6.45, 7) is -1.99. The molecule has 0 aromatic carbocycles. The molecule has 0 aromatic rings. The molecule has 0 saturated carbocycles. The molecule has 0 aliphatic carbocycles. The van der Waals surface area contributed by atoms with E-state index in [0.717, 1.165) is 14.1 Å². The van der Waals surface area contributed by atoms with E-state index in [-0.39, 0.29) is 51.4 Å². The number of alkyl halides is 13. The van der Waals surface area contributed by atoms with Gasteiger partial charge in [0.25, 0.3) is 0 Å². The Labute approximate surface area is 208 Å². The average molecular weight is 538 g/mol. The van der Waals surface area contributed by atoms with Crippen molar-refractivity contribution < 1.29 is 122 Å². The molecule has 0 amide bonds. The number of quaternary nitrogens is 1. The summed E-state index contributed by atoms with van der Waals surface area (Å²) in [6, 6.07) is 0. The van der Waals surface area contributed by atoms with Crippen LogP contribution in [0.4, 0.5) is 57.1 Å². The van der Waals surface area contributed by atoms with Crippen LogP contribution in [-0.4, -0.2) is 75.4 Å². The van der Waals surface area contributed by atoms with Crippen LogP contribution in [0, 0.1) is 5.21 Å². The average Bonchev–Trinajstić information content (AvgIpc) is 2.48. The molecule has 0 aromatic heterocycles. The van der Waals surface area contributed by atoms with Crippen molar-refractivity contribution in [3.63, 3.8) is 0 Å². The molecule has 0 bridgehead atoms. The first kappa shape index (κ1) is 33.7.